The van der Waals surface area contributed by atoms with Gasteiger partial charge in [-0.15, -0.1) is 11.3 Å². The van der Waals surface area contributed by atoms with E-state index in [1.807, 2.05) is 11.7 Å². The molecule has 0 radical (unpaired) electrons. The maximum absolute atomic E-state index is 4.21. The lowest BCUT2D eigenvalue weighted by Gasteiger charge is -2.49. The van der Waals surface area contributed by atoms with E-state index in [4.69, 9.17) is 0 Å². The summed E-state index contributed by atoms with van der Waals surface area (Å²) in [5.74, 6) is 0.741. The van der Waals surface area contributed by atoms with Crippen LogP contribution < -0.4 is 5.32 Å². The summed E-state index contributed by atoms with van der Waals surface area (Å²) in [7, 11) is 0. The number of piperazine rings is 1. The van der Waals surface area contributed by atoms with Gasteiger partial charge in [0.1, 0.15) is 0 Å². The maximum Gasteiger partial charge on any atom is 0.0794 e. The van der Waals surface area contributed by atoms with Crippen molar-refractivity contribution in [3.05, 3.63) is 16.6 Å². The van der Waals surface area contributed by atoms with Crippen LogP contribution in [-0.4, -0.2) is 34.6 Å². The number of aromatic nitrogens is 1. The van der Waals surface area contributed by atoms with Crippen LogP contribution in [0.15, 0.2) is 11.7 Å². The van der Waals surface area contributed by atoms with Crippen LogP contribution in [0.5, 0.6) is 0 Å². The second-order valence-corrected chi connectivity index (χ2v) is 7.04. The van der Waals surface area contributed by atoms with Crippen LogP contribution in [0.1, 0.15) is 45.4 Å². The van der Waals surface area contributed by atoms with Gasteiger partial charge in [0.05, 0.1) is 5.51 Å². The number of hydrogen-bond acceptors (Lipinski definition) is 4. The number of rotatable bonds is 5. The Hall–Kier alpha value is -0.450. The second-order valence-electron chi connectivity index (χ2n) is 6.07. The molecule has 1 aliphatic rings. The molecule has 0 aromatic carbocycles. The number of nitrogens with zero attached hydrogens (tertiary/aromatic N) is 2. The summed E-state index contributed by atoms with van der Waals surface area (Å²) >= 11 is 1.77. The predicted molar refractivity (Wildman–Crippen MR) is 82.5 cm³/mol. The minimum absolute atomic E-state index is 0.272. The lowest BCUT2D eigenvalue weighted by atomic mass is 9.88. The molecule has 2 rings (SSSR count). The molecule has 0 aliphatic carbocycles. The summed E-state index contributed by atoms with van der Waals surface area (Å²) in [6.07, 6.45) is 4.45. The van der Waals surface area contributed by atoms with E-state index in [0.29, 0.717) is 6.04 Å². The molecule has 3 atom stereocenters. The first-order valence-corrected chi connectivity index (χ1v) is 8.32. The SMILES string of the molecule is CCC(C)C1CN(Cc2cncs2)C(C)(CC)CN1. The summed E-state index contributed by atoms with van der Waals surface area (Å²) in [6, 6.07) is 0.623. The van der Waals surface area contributed by atoms with Crippen LogP contribution in [0.25, 0.3) is 0 Å². The topological polar surface area (TPSA) is 28.2 Å². The zero-order chi connectivity index (χ0) is 13.9. The van der Waals surface area contributed by atoms with Crippen molar-refractivity contribution < 1.29 is 0 Å². The molecule has 1 aliphatic heterocycles. The molecule has 1 aromatic rings. The standard InChI is InChI=1S/C15H27N3S/c1-5-12(3)14-9-18(8-13-7-16-11-19-13)15(4,6-2)10-17-14/h7,11-12,14,17H,5-6,8-10H2,1-4H3. The van der Waals surface area contributed by atoms with Crippen molar-refractivity contribution in [2.75, 3.05) is 13.1 Å². The average Bonchev–Trinajstić information content (AvgIpc) is 2.93. The molecule has 0 saturated carbocycles. The smallest absolute Gasteiger partial charge is 0.0794 e. The Morgan fingerprint density at radius 2 is 2.37 bits per heavy atom. The van der Waals surface area contributed by atoms with Crippen LogP contribution in [0, 0.1) is 5.92 Å². The van der Waals surface area contributed by atoms with E-state index in [0.717, 1.165) is 25.6 Å². The fourth-order valence-electron chi connectivity index (χ4n) is 2.76. The molecule has 3 nitrogen and oxygen atoms in total. The van der Waals surface area contributed by atoms with Crippen molar-refractivity contribution in [1.29, 1.82) is 0 Å². The van der Waals surface area contributed by atoms with Crippen LogP contribution >= 0.6 is 11.3 Å². The van der Waals surface area contributed by atoms with Crippen molar-refractivity contribution in [3.8, 4) is 0 Å². The van der Waals surface area contributed by atoms with E-state index in [1.54, 1.807) is 11.3 Å². The van der Waals surface area contributed by atoms with E-state index in [1.165, 1.54) is 17.7 Å². The fourth-order valence-corrected chi connectivity index (χ4v) is 3.37. The maximum atomic E-state index is 4.21. The van der Waals surface area contributed by atoms with Crippen LogP contribution in [0.2, 0.25) is 0 Å². The van der Waals surface area contributed by atoms with E-state index in [-0.39, 0.29) is 5.54 Å². The van der Waals surface area contributed by atoms with E-state index in [2.05, 4.69) is 42.9 Å². The Morgan fingerprint density at radius 3 is 2.95 bits per heavy atom. The van der Waals surface area contributed by atoms with Crippen LogP contribution in [0.3, 0.4) is 0 Å². The van der Waals surface area contributed by atoms with Gasteiger partial charge in [-0.25, -0.2) is 0 Å². The largest absolute Gasteiger partial charge is 0.311 e. The lowest BCUT2D eigenvalue weighted by Crippen LogP contribution is -2.63. The Balaban J connectivity index is 2.09. The van der Waals surface area contributed by atoms with Crippen molar-refractivity contribution >= 4 is 11.3 Å². The zero-order valence-corrected chi connectivity index (χ0v) is 13.5. The molecule has 19 heavy (non-hydrogen) atoms. The number of hydrogen-bond donors (Lipinski definition) is 1. The van der Waals surface area contributed by atoms with Crippen molar-refractivity contribution in [1.82, 2.24) is 15.2 Å². The van der Waals surface area contributed by atoms with Crippen molar-refractivity contribution in [2.24, 2.45) is 5.92 Å². The first kappa shape index (κ1) is 14.9. The molecule has 0 spiro atoms. The molecule has 1 fully saturated rings. The zero-order valence-electron chi connectivity index (χ0n) is 12.6. The lowest BCUT2D eigenvalue weighted by molar-refractivity contribution is 0.0302. The van der Waals surface area contributed by atoms with Crippen molar-refractivity contribution in [2.45, 2.75) is 58.7 Å². The van der Waals surface area contributed by atoms with Crippen LogP contribution in [0.4, 0.5) is 0 Å². The Kier molecular flexibility index (Phi) is 4.98. The normalized spacial score (nSPS) is 30.4. The Morgan fingerprint density at radius 1 is 1.58 bits per heavy atom. The Bertz CT molecular complexity index is 379. The molecule has 1 saturated heterocycles. The number of nitrogens with one attached hydrogen (secondary N) is 1. The summed E-state index contributed by atoms with van der Waals surface area (Å²) in [6.45, 7) is 12.6. The summed E-state index contributed by atoms with van der Waals surface area (Å²) in [5.41, 5.74) is 2.21. The van der Waals surface area contributed by atoms with Gasteiger partial charge >= 0.3 is 0 Å². The first-order valence-electron chi connectivity index (χ1n) is 7.45. The monoisotopic (exact) mass is 281 g/mol. The molecule has 1 N–H and O–H groups in total. The van der Waals surface area contributed by atoms with E-state index < -0.39 is 0 Å². The van der Waals surface area contributed by atoms with Gasteiger partial charge in [0.2, 0.25) is 0 Å². The predicted octanol–water partition coefficient (Wildman–Crippen LogP) is 3.13. The van der Waals surface area contributed by atoms with Gasteiger partial charge in [-0.1, -0.05) is 27.2 Å². The molecule has 0 amide bonds. The Labute approximate surface area is 121 Å². The molecule has 1 aromatic heterocycles. The highest BCUT2D eigenvalue weighted by atomic mass is 32.1. The van der Waals surface area contributed by atoms with Gasteiger partial charge in [0.15, 0.2) is 0 Å². The third-order valence-corrected chi connectivity index (χ3v) is 5.61. The minimum atomic E-state index is 0.272. The van der Waals surface area contributed by atoms with Gasteiger partial charge in [-0.3, -0.25) is 9.88 Å². The summed E-state index contributed by atoms with van der Waals surface area (Å²) < 4.78 is 0. The average molecular weight is 281 g/mol. The van der Waals surface area contributed by atoms with Crippen LogP contribution in [-0.2, 0) is 6.54 Å². The fraction of sp³-hybridized carbons (Fsp3) is 0.800. The highest BCUT2D eigenvalue weighted by molar-refractivity contribution is 7.09. The van der Waals surface area contributed by atoms with E-state index in [9.17, 15) is 0 Å². The molecule has 108 valence electrons. The first-order chi connectivity index (χ1) is 9.09. The van der Waals surface area contributed by atoms with Gasteiger partial charge in [-0.2, -0.15) is 0 Å². The third-order valence-electron chi connectivity index (χ3n) is 4.85. The molecular weight excluding hydrogens is 254 g/mol. The minimum Gasteiger partial charge on any atom is -0.311 e. The van der Waals surface area contributed by atoms with E-state index >= 15 is 0 Å². The van der Waals surface area contributed by atoms with Gasteiger partial charge in [0, 0.05) is 42.3 Å². The second kappa shape index (κ2) is 6.33. The summed E-state index contributed by atoms with van der Waals surface area (Å²) in [4.78, 5) is 8.25. The molecule has 4 heteroatoms. The van der Waals surface area contributed by atoms with Gasteiger partial charge < -0.3 is 5.32 Å². The molecular formula is C15H27N3S. The number of thiazole rings is 1. The molecule has 0 bridgehead atoms. The highest BCUT2D eigenvalue weighted by Gasteiger charge is 2.37. The highest BCUT2D eigenvalue weighted by Crippen LogP contribution is 2.28. The quantitative estimate of drug-likeness (QED) is 0.899. The summed E-state index contributed by atoms with van der Waals surface area (Å²) in [5, 5.41) is 3.77. The van der Waals surface area contributed by atoms with Gasteiger partial charge in [-0.05, 0) is 19.3 Å². The third kappa shape index (κ3) is 3.36. The molecule has 2 heterocycles. The molecule has 3 unspecified atom stereocenters. The van der Waals surface area contributed by atoms with Gasteiger partial charge in [0.25, 0.3) is 0 Å². The van der Waals surface area contributed by atoms with Crippen molar-refractivity contribution in [3.63, 3.8) is 0 Å².